The molecule has 0 aromatic heterocycles. The SMILES string of the molecule is CCC1C(CO)OC(COC)C(NC(C)=O)C1O. The van der Waals surface area contributed by atoms with Crippen LogP contribution in [0, 0.1) is 5.92 Å². The highest BCUT2D eigenvalue weighted by Gasteiger charge is 2.44. The Hall–Kier alpha value is -0.690. The molecule has 6 heteroatoms. The van der Waals surface area contributed by atoms with Gasteiger partial charge in [0, 0.05) is 20.0 Å². The van der Waals surface area contributed by atoms with Gasteiger partial charge < -0.3 is 25.0 Å². The molecule has 1 aliphatic heterocycles. The molecule has 1 heterocycles. The summed E-state index contributed by atoms with van der Waals surface area (Å²) >= 11 is 0. The normalized spacial score (nSPS) is 36.4. The quantitative estimate of drug-likeness (QED) is 0.608. The van der Waals surface area contributed by atoms with Gasteiger partial charge in [0.05, 0.1) is 31.5 Å². The van der Waals surface area contributed by atoms with E-state index in [-0.39, 0.29) is 25.0 Å². The highest BCUT2D eigenvalue weighted by molar-refractivity contribution is 5.73. The molecule has 106 valence electrons. The predicted octanol–water partition coefficient (Wildman–Crippen LogP) is -0.716. The van der Waals surface area contributed by atoms with E-state index in [1.165, 1.54) is 14.0 Å². The second-order valence-electron chi connectivity index (χ2n) is 4.64. The number of aliphatic hydroxyl groups excluding tert-OH is 2. The fourth-order valence-electron chi connectivity index (χ4n) is 2.52. The number of nitrogens with one attached hydrogen (secondary N) is 1. The zero-order valence-electron chi connectivity index (χ0n) is 11.1. The number of methoxy groups -OCH3 is 1. The number of rotatable bonds is 5. The Morgan fingerprint density at radius 1 is 1.44 bits per heavy atom. The van der Waals surface area contributed by atoms with Crippen LogP contribution in [-0.4, -0.2) is 60.8 Å². The lowest BCUT2D eigenvalue weighted by molar-refractivity contribution is -0.182. The van der Waals surface area contributed by atoms with E-state index in [4.69, 9.17) is 9.47 Å². The molecule has 1 fully saturated rings. The first-order valence-electron chi connectivity index (χ1n) is 6.25. The lowest BCUT2D eigenvalue weighted by Gasteiger charge is -2.44. The molecule has 0 spiro atoms. The van der Waals surface area contributed by atoms with Crippen molar-refractivity contribution >= 4 is 5.91 Å². The second-order valence-corrected chi connectivity index (χ2v) is 4.64. The molecule has 1 rings (SSSR count). The maximum atomic E-state index is 11.2. The zero-order chi connectivity index (χ0) is 13.7. The summed E-state index contributed by atoms with van der Waals surface area (Å²) in [6.45, 7) is 3.43. The van der Waals surface area contributed by atoms with Crippen LogP contribution in [0.5, 0.6) is 0 Å². The lowest BCUT2D eigenvalue weighted by atomic mass is 9.83. The van der Waals surface area contributed by atoms with Crippen LogP contribution in [0.2, 0.25) is 0 Å². The standard InChI is InChI=1S/C12H23NO5/c1-4-8-9(5-14)18-10(6-17-3)11(12(8)16)13-7(2)15/h8-12,14,16H,4-6H2,1-3H3,(H,13,15). The van der Waals surface area contributed by atoms with Crippen LogP contribution in [0.1, 0.15) is 20.3 Å². The maximum Gasteiger partial charge on any atom is 0.217 e. The van der Waals surface area contributed by atoms with E-state index < -0.39 is 24.4 Å². The molecule has 0 aromatic rings. The Bertz CT molecular complexity index is 271. The molecule has 18 heavy (non-hydrogen) atoms. The van der Waals surface area contributed by atoms with Crippen molar-refractivity contribution in [3.05, 3.63) is 0 Å². The van der Waals surface area contributed by atoms with Gasteiger partial charge in [-0.1, -0.05) is 6.92 Å². The fourth-order valence-corrected chi connectivity index (χ4v) is 2.52. The Balaban J connectivity index is 2.84. The van der Waals surface area contributed by atoms with Gasteiger partial charge in [-0.3, -0.25) is 4.79 Å². The molecule has 1 aliphatic rings. The molecule has 5 unspecified atom stereocenters. The van der Waals surface area contributed by atoms with Gasteiger partial charge in [-0.05, 0) is 6.42 Å². The van der Waals surface area contributed by atoms with E-state index in [9.17, 15) is 15.0 Å². The van der Waals surface area contributed by atoms with Crippen LogP contribution < -0.4 is 5.32 Å². The van der Waals surface area contributed by atoms with E-state index >= 15 is 0 Å². The summed E-state index contributed by atoms with van der Waals surface area (Å²) in [5.74, 6) is -0.416. The number of ether oxygens (including phenoxy) is 2. The molecule has 3 N–H and O–H groups in total. The van der Waals surface area contributed by atoms with Gasteiger partial charge in [-0.2, -0.15) is 0 Å². The first kappa shape index (κ1) is 15.4. The first-order valence-corrected chi connectivity index (χ1v) is 6.25. The number of amides is 1. The van der Waals surface area contributed by atoms with Crippen molar-refractivity contribution in [3.63, 3.8) is 0 Å². The third kappa shape index (κ3) is 3.41. The van der Waals surface area contributed by atoms with E-state index in [0.29, 0.717) is 6.42 Å². The number of hydrogen-bond acceptors (Lipinski definition) is 5. The average Bonchev–Trinajstić information content (AvgIpc) is 2.33. The Kier molecular flexibility index (Phi) is 6.01. The molecular weight excluding hydrogens is 238 g/mol. The van der Waals surface area contributed by atoms with Crippen molar-refractivity contribution in [2.75, 3.05) is 20.3 Å². The summed E-state index contributed by atoms with van der Waals surface area (Å²) < 4.78 is 10.7. The lowest BCUT2D eigenvalue weighted by Crippen LogP contribution is -2.62. The van der Waals surface area contributed by atoms with Crippen LogP contribution in [-0.2, 0) is 14.3 Å². The van der Waals surface area contributed by atoms with E-state index in [0.717, 1.165) is 0 Å². The molecule has 1 amide bonds. The van der Waals surface area contributed by atoms with Gasteiger partial charge >= 0.3 is 0 Å². The molecule has 0 saturated carbocycles. The predicted molar refractivity (Wildman–Crippen MR) is 65.0 cm³/mol. The van der Waals surface area contributed by atoms with E-state index in [1.54, 1.807) is 0 Å². The Morgan fingerprint density at radius 3 is 2.56 bits per heavy atom. The number of aliphatic hydroxyl groups is 2. The van der Waals surface area contributed by atoms with E-state index in [2.05, 4.69) is 5.32 Å². The van der Waals surface area contributed by atoms with Crippen molar-refractivity contribution in [2.45, 2.75) is 44.6 Å². The van der Waals surface area contributed by atoms with Crippen molar-refractivity contribution in [1.29, 1.82) is 0 Å². The van der Waals surface area contributed by atoms with Crippen molar-refractivity contribution in [2.24, 2.45) is 5.92 Å². The summed E-state index contributed by atoms with van der Waals surface area (Å²) in [6, 6.07) is -0.504. The number of carbonyl (C=O) groups is 1. The van der Waals surface area contributed by atoms with Crippen molar-refractivity contribution in [3.8, 4) is 0 Å². The number of hydrogen-bond donors (Lipinski definition) is 3. The summed E-state index contributed by atoms with van der Waals surface area (Å²) in [6.07, 6.45) is -0.948. The van der Waals surface area contributed by atoms with Crippen molar-refractivity contribution in [1.82, 2.24) is 5.32 Å². The topological polar surface area (TPSA) is 88.0 Å². The van der Waals surface area contributed by atoms with Gasteiger partial charge in [-0.15, -0.1) is 0 Å². The highest BCUT2D eigenvalue weighted by atomic mass is 16.5. The highest BCUT2D eigenvalue weighted by Crippen LogP contribution is 2.28. The van der Waals surface area contributed by atoms with Crippen LogP contribution in [0.4, 0.5) is 0 Å². The molecule has 1 saturated heterocycles. The monoisotopic (exact) mass is 261 g/mol. The maximum absolute atomic E-state index is 11.2. The molecule has 0 radical (unpaired) electrons. The minimum absolute atomic E-state index is 0.150. The summed E-state index contributed by atoms with van der Waals surface area (Å²) in [7, 11) is 1.53. The third-order valence-electron chi connectivity index (χ3n) is 3.39. The number of carbonyl (C=O) groups excluding carboxylic acids is 1. The van der Waals surface area contributed by atoms with Gasteiger partial charge in [0.15, 0.2) is 0 Å². The molecule has 5 atom stereocenters. The smallest absolute Gasteiger partial charge is 0.217 e. The minimum Gasteiger partial charge on any atom is -0.394 e. The summed E-state index contributed by atoms with van der Waals surface area (Å²) in [4.78, 5) is 11.2. The van der Waals surface area contributed by atoms with Gasteiger partial charge in [0.1, 0.15) is 6.10 Å². The summed E-state index contributed by atoms with van der Waals surface area (Å²) in [5, 5.41) is 22.3. The van der Waals surface area contributed by atoms with Crippen LogP contribution in [0.15, 0.2) is 0 Å². The van der Waals surface area contributed by atoms with Gasteiger partial charge in [0.2, 0.25) is 5.91 Å². The fraction of sp³-hybridized carbons (Fsp3) is 0.917. The molecule has 0 aliphatic carbocycles. The van der Waals surface area contributed by atoms with Crippen LogP contribution >= 0.6 is 0 Å². The minimum atomic E-state index is -0.745. The largest absolute Gasteiger partial charge is 0.394 e. The molecule has 0 aromatic carbocycles. The average molecular weight is 261 g/mol. The summed E-state index contributed by atoms with van der Waals surface area (Å²) in [5.41, 5.74) is 0. The van der Waals surface area contributed by atoms with Crippen molar-refractivity contribution < 1.29 is 24.5 Å². The Morgan fingerprint density at radius 2 is 2.11 bits per heavy atom. The van der Waals surface area contributed by atoms with Crippen LogP contribution in [0.25, 0.3) is 0 Å². The molecular formula is C12H23NO5. The molecule has 6 nitrogen and oxygen atoms in total. The third-order valence-corrected chi connectivity index (χ3v) is 3.39. The van der Waals surface area contributed by atoms with Crippen LogP contribution in [0.3, 0.4) is 0 Å². The Labute approximate surface area is 107 Å². The van der Waals surface area contributed by atoms with Gasteiger partial charge in [-0.25, -0.2) is 0 Å². The zero-order valence-corrected chi connectivity index (χ0v) is 11.1. The first-order chi connectivity index (χ1) is 8.54. The molecule has 0 bridgehead atoms. The van der Waals surface area contributed by atoms with Gasteiger partial charge in [0.25, 0.3) is 0 Å². The second kappa shape index (κ2) is 7.04. The van der Waals surface area contributed by atoms with E-state index in [1.807, 2.05) is 6.92 Å².